The summed E-state index contributed by atoms with van der Waals surface area (Å²) in [5, 5.41) is 0. The van der Waals surface area contributed by atoms with Gasteiger partial charge in [0.05, 0.1) is 12.7 Å². The highest BCUT2D eigenvalue weighted by molar-refractivity contribution is 5.90. The summed E-state index contributed by atoms with van der Waals surface area (Å²) in [7, 11) is 1.58. The summed E-state index contributed by atoms with van der Waals surface area (Å²) in [6.07, 6.45) is 0. The molecule has 0 aliphatic heterocycles. The first-order chi connectivity index (χ1) is 7.72. The molecule has 0 radical (unpaired) electrons. The third-order valence-corrected chi connectivity index (χ3v) is 2.22. The zero-order valence-electron chi connectivity index (χ0n) is 8.77. The molecule has 0 spiro atoms. The monoisotopic (exact) mass is 217 g/mol. The van der Waals surface area contributed by atoms with Crippen LogP contribution in [-0.2, 0) is 0 Å². The number of hydrogen-bond acceptors (Lipinski definition) is 3. The first-order valence-electron chi connectivity index (χ1n) is 4.75. The van der Waals surface area contributed by atoms with Crippen LogP contribution < -0.4 is 10.5 Å². The predicted octanol–water partition coefficient (Wildman–Crippen LogP) is 2.05. The van der Waals surface area contributed by atoms with Crippen LogP contribution >= 0.6 is 0 Å². The number of para-hydroxylation sites is 1. The molecule has 4 heteroatoms. The number of furan rings is 1. The van der Waals surface area contributed by atoms with Crippen LogP contribution in [0.3, 0.4) is 0 Å². The van der Waals surface area contributed by atoms with Crippen LogP contribution in [0.5, 0.6) is 5.75 Å². The van der Waals surface area contributed by atoms with Crippen molar-refractivity contribution in [2.75, 3.05) is 7.11 Å². The Bertz CT molecular complexity index is 516. The molecule has 0 aliphatic carbocycles. The molecule has 0 atom stereocenters. The van der Waals surface area contributed by atoms with Crippen molar-refractivity contribution in [3.8, 4) is 17.1 Å². The van der Waals surface area contributed by atoms with Crippen molar-refractivity contribution >= 4 is 5.91 Å². The van der Waals surface area contributed by atoms with Crippen molar-refractivity contribution in [3.05, 3.63) is 42.2 Å². The molecule has 1 amide bonds. The Morgan fingerprint density at radius 2 is 2.00 bits per heavy atom. The standard InChI is InChI=1S/C12H11NO3/c1-15-9-5-3-2-4-8(9)10-6-7-11(16-10)12(13)14/h2-7H,1H3,(H2,13,14). The summed E-state index contributed by atoms with van der Waals surface area (Å²) in [5.41, 5.74) is 5.90. The highest BCUT2D eigenvalue weighted by Crippen LogP contribution is 2.30. The van der Waals surface area contributed by atoms with E-state index in [1.165, 1.54) is 0 Å². The lowest BCUT2D eigenvalue weighted by Crippen LogP contribution is -2.09. The topological polar surface area (TPSA) is 65.5 Å². The summed E-state index contributed by atoms with van der Waals surface area (Å²) in [4.78, 5) is 10.9. The van der Waals surface area contributed by atoms with Crippen LogP contribution in [-0.4, -0.2) is 13.0 Å². The maximum atomic E-state index is 10.9. The number of primary amides is 1. The minimum Gasteiger partial charge on any atom is -0.496 e. The SMILES string of the molecule is COc1ccccc1-c1ccc(C(N)=O)o1. The number of rotatable bonds is 3. The second-order valence-electron chi connectivity index (χ2n) is 3.23. The number of amides is 1. The van der Waals surface area contributed by atoms with Gasteiger partial charge in [-0.1, -0.05) is 12.1 Å². The molecule has 0 aliphatic rings. The average Bonchev–Trinajstić information content (AvgIpc) is 2.78. The molecule has 82 valence electrons. The van der Waals surface area contributed by atoms with Crippen LogP contribution in [0.4, 0.5) is 0 Å². The molecule has 0 bridgehead atoms. The van der Waals surface area contributed by atoms with Crippen molar-refractivity contribution < 1.29 is 13.9 Å². The van der Waals surface area contributed by atoms with Gasteiger partial charge in [0.25, 0.3) is 5.91 Å². The van der Waals surface area contributed by atoms with Gasteiger partial charge in [0.15, 0.2) is 5.76 Å². The highest BCUT2D eigenvalue weighted by Gasteiger charge is 2.11. The molecule has 0 saturated carbocycles. The minimum absolute atomic E-state index is 0.140. The molecule has 4 nitrogen and oxygen atoms in total. The van der Waals surface area contributed by atoms with Gasteiger partial charge in [-0.25, -0.2) is 0 Å². The van der Waals surface area contributed by atoms with Gasteiger partial charge in [-0.2, -0.15) is 0 Å². The second-order valence-corrected chi connectivity index (χ2v) is 3.23. The van der Waals surface area contributed by atoms with Crippen LogP contribution in [0.1, 0.15) is 10.6 Å². The van der Waals surface area contributed by atoms with Gasteiger partial charge in [-0.15, -0.1) is 0 Å². The summed E-state index contributed by atoms with van der Waals surface area (Å²) < 4.78 is 10.5. The normalized spacial score (nSPS) is 10.1. The first-order valence-corrected chi connectivity index (χ1v) is 4.75. The molecule has 2 aromatic rings. The predicted molar refractivity (Wildman–Crippen MR) is 59.2 cm³/mol. The molecule has 1 heterocycles. The molecule has 2 rings (SSSR count). The zero-order chi connectivity index (χ0) is 11.5. The van der Waals surface area contributed by atoms with Gasteiger partial charge in [-0.3, -0.25) is 4.79 Å². The first kappa shape index (κ1) is 10.3. The van der Waals surface area contributed by atoms with Gasteiger partial charge < -0.3 is 14.9 Å². The summed E-state index contributed by atoms with van der Waals surface area (Å²) in [6.45, 7) is 0. The molecular formula is C12H11NO3. The van der Waals surface area contributed by atoms with E-state index >= 15 is 0 Å². The number of nitrogens with two attached hydrogens (primary N) is 1. The Kier molecular flexibility index (Phi) is 2.64. The maximum absolute atomic E-state index is 10.9. The van der Waals surface area contributed by atoms with Crippen LogP contribution in [0.15, 0.2) is 40.8 Å². The average molecular weight is 217 g/mol. The smallest absolute Gasteiger partial charge is 0.284 e. The maximum Gasteiger partial charge on any atom is 0.284 e. The molecule has 1 aromatic heterocycles. The fourth-order valence-corrected chi connectivity index (χ4v) is 1.46. The van der Waals surface area contributed by atoms with Crippen molar-refractivity contribution in [1.82, 2.24) is 0 Å². The Hall–Kier alpha value is -2.23. The van der Waals surface area contributed by atoms with Gasteiger partial charge in [-0.05, 0) is 24.3 Å². The Morgan fingerprint density at radius 3 is 2.62 bits per heavy atom. The lowest BCUT2D eigenvalue weighted by atomic mass is 10.1. The van der Waals surface area contributed by atoms with Gasteiger partial charge >= 0.3 is 0 Å². The van der Waals surface area contributed by atoms with E-state index in [0.717, 1.165) is 5.56 Å². The van der Waals surface area contributed by atoms with Crippen molar-refractivity contribution in [1.29, 1.82) is 0 Å². The highest BCUT2D eigenvalue weighted by atomic mass is 16.5. The number of ether oxygens (including phenoxy) is 1. The zero-order valence-corrected chi connectivity index (χ0v) is 8.77. The number of carbonyl (C=O) groups excluding carboxylic acids is 1. The quantitative estimate of drug-likeness (QED) is 0.855. The van der Waals surface area contributed by atoms with E-state index in [2.05, 4.69) is 0 Å². The van der Waals surface area contributed by atoms with E-state index in [9.17, 15) is 4.79 Å². The number of benzene rings is 1. The third kappa shape index (κ3) is 1.77. The molecule has 2 N–H and O–H groups in total. The van der Waals surface area contributed by atoms with Crippen molar-refractivity contribution in [3.63, 3.8) is 0 Å². The molecule has 0 unspecified atom stereocenters. The van der Waals surface area contributed by atoms with Crippen LogP contribution in [0.25, 0.3) is 11.3 Å². The van der Waals surface area contributed by atoms with E-state index in [1.54, 1.807) is 19.2 Å². The van der Waals surface area contributed by atoms with E-state index in [0.29, 0.717) is 11.5 Å². The molecule has 0 fully saturated rings. The lowest BCUT2D eigenvalue weighted by molar-refractivity contribution is 0.0974. The van der Waals surface area contributed by atoms with Crippen LogP contribution in [0.2, 0.25) is 0 Å². The fraction of sp³-hybridized carbons (Fsp3) is 0.0833. The second kappa shape index (κ2) is 4.10. The summed E-state index contributed by atoms with van der Waals surface area (Å²) in [5.74, 6) is 0.807. The Balaban J connectivity index is 2.46. The van der Waals surface area contributed by atoms with E-state index in [4.69, 9.17) is 14.9 Å². The van der Waals surface area contributed by atoms with Crippen molar-refractivity contribution in [2.45, 2.75) is 0 Å². The third-order valence-electron chi connectivity index (χ3n) is 2.22. The van der Waals surface area contributed by atoms with Gasteiger partial charge in [0, 0.05) is 0 Å². The van der Waals surface area contributed by atoms with E-state index in [-0.39, 0.29) is 5.76 Å². The number of hydrogen-bond donors (Lipinski definition) is 1. The van der Waals surface area contributed by atoms with Gasteiger partial charge in [0.2, 0.25) is 0 Å². The molecule has 16 heavy (non-hydrogen) atoms. The van der Waals surface area contributed by atoms with E-state index in [1.807, 2.05) is 24.3 Å². The number of carbonyl (C=O) groups is 1. The Labute approximate surface area is 92.6 Å². The number of methoxy groups -OCH3 is 1. The van der Waals surface area contributed by atoms with Crippen molar-refractivity contribution in [2.24, 2.45) is 5.73 Å². The molecular weight excluding hydrogens is 206 g/mol. The fourth-order valence-electron chi connectivity index (χ4n) is 1.46. The van der Waals surface area contributed by atoms with Crippen LogP contribution in [0, 0.1) is 0 Å². The Morgan fingerprint density at radius 1 is 1.25 bits per heavy atom. The molecule has 0 saturated heterocycles. The van der Waals surface area contributed by atoms with Gasteiger partial charge in [0.1, 0.15) is 11.5 Å². The lowest BCUT2D eigenvalue weighted by Gasteiger charge is -2.04. The van der Waals surface area contributed by atoms with E-state index < -0.39 is 5.91 Å². The summed E-state index contributed by atoms with van der Waals surface area (Å²) in [6, 6.07) is 10.6. The minimum atomic E-state index is -0.582. The largest absolute Gasteiger partial charge is 0.496 e. The summed E-state index contributed by atoms with van der Waals surface area (Å²) >= 11 is 0. The molecule has 1 aromatic carbocycles.